The van der Waals surface area contributed by atoms with Crippen LogP contribution in [0, 0.1) is 0 Å². The quantitative estimate of drug-likeness (QED) is 0.730. The van der Waals surface area contributed by atoms with Crippen LogP contribution >= 0.6 is 0 Å². The van der Waals surface area contributed by atoms with Gasteiger partial charge in [0.25, 0.3) is 0 Å². The van der Waals surface area contributed by atoms with Gasteiger partial charge < -0.3 is 0 Å². The normalized spacial score (nSPS) is 10.9. The fourth-order valence-electron chi connectivity index (χ4n) is 1.74. The number of nitrogens with two attached hydrogens (primary N) is 1. The average Bonchev–Trinajstić information content (AvgIpc) is 2.23. The maximum atomic E-state index is 5.01. The van der Waals surface area contributed by atoms with Crippen LogP contribution in [0.2, 0.25) is 0 Å². The third-order valence-electron chi connectivity index (χ3n) is 2.69. The van der Waals surface area contributed by atoms with Crippen molar-refractivity contribution in [2.24, 2.45) is 5.90 Å². The highest BCUT2D eigenvalue weighted by Gasteiger charge is 2.05. The molecular formula is C12H19NO. The van der Waals surface area contributed by atoms with E-state index in [9.17, 15) is 0 Å². The van der Waals surface area contributed by atoms with Gasteiger partial charge in [-0.05, 0) is 29.9 Å². The maximum absolute atomic E-state index is 5.01. The lowest BCUT2D eigenvalue weighted by atomic mass is 9.93. The van der Waals surface area contributed by atoms with E-state index < -0.39 is 0 Å². The molecule has 0 radical (unpaired) electrons. The van der Waals surface area contributed by atoms with Crippen LogP contribution in [0.25, 0.3) is 0 Å². The lowest BCUT2D eigenvalue weighted by Crippen LogP contribution is -2.00. The van der Waals surface area contributed by atoms with Gasteiger partial charge in [0, 0.05) is 0 Å². The smallest absolute Gasteiger partial charge is 0.0930 e. The Bertz CT molecular complexity index is 252. The fraction of sp³-hybridized carbons (Fsp3) is 0.500. The largest absolute Gasteiger partial charge is 0.300 e. The van der Waals surface area contributed by atoms with Crippen molar-refractivity contribution in [2.75, 3.05) is 0 Å². The Hall–Kier alpha value is -0.860. The number of hydrogen-bond donors (Lipinski definition) is 1. The van der Waals surface area contributed by atoms with Gasteiger partial charge in [-0.1, -0.05) is 38.1 Å². The second-order valence-electron chi connectivity index (χ2n) is 3.57. The summed E-state index contributed by atoms with van der Waals surface area (Å²) in [6.45, 7) is 4.94. The SMILES string of the molecule is CCC(CC)c1ccc(CON)cc1. The van der Waals surface area contributed by atoms with E-state index in [1.165, 1.54) is 18.4 Å². The highest BCUT2D eigenvalue weighted by molar-refractivity contribution is 5.24. The summed E-state index contributed by atoms with van der Waals surface area (Å²) in [4.78, 5) is 4.58. The van der Waals surface area contributed by atoms with E-state index >= 15 is 0 Å². The highest BCUT2D eigenvalue weighted by atomic mass is 16.6. The molecule has 0 spiro atoms. The molecule has 0 fully saturated rings. The van der Waals surface area contributed by atoms with Gasteiger partial charge >= 0.3 is 0 Å². The number of hydrogen-bond acceptors (Lipinski definition) is 2. The van der Waals surface area contributed by atoms with Crippen molar-refractivity contribution < 1.29 is 4.84 Å². The molecule has 2 nitrogen and oxygen atoms in total. The first-order valence-electron chi connectivity index (χ1n) is 5.22. The van der Waals surface area contributed by atoms with Crippen LogP contribution in [-0.4, -0.2) is 0 Å². The molecule has 0 atom stereocenters. The van der Waals surface area contributed by atoms with Crippen LogP contribution < -0.4 is 5.90 Å². The molecule has 2 heteroatoms. The molecule has 0 saturated carbocycles. The second-order valence-corrected chi connectivity index (χ2v) is 3.57. The van der Waals surface area contributed by atoms with E-state index in [1.54, 1.807) is 0 Å². The fourth-order valence-corrected chi connectivity index (χ4v) is 1.74. The van der Waals surface area contributed by atoms with Crippen molar-refractivity contribution >= 4 is 0 Å². The molecule has 78 valence electrons. The van der Waals surface area contributed by atoms with E-state index in [0.29, 0.717) is 12.5 Å². The molecule has 0 aliphatic carbocycles. The van der Waals surface area contributed by atoms with Crippen LogP contribution in [0.1, 0.15) is 43.7 Å². The van der Waals surface area contributed by atoms with Crippen molar-refractivity contribution in [2.45, 2.75) is 39.2 Å². The lowest BCUT2D eigenvalue weighted by molar-refractivity contribution is 0.124. The molecular weight excluding hydrogens is 174 g/mol. The Labute approximate surface area is 86.0 Å². The Morgan fingerprint density at radius 3 is 2.14 bits per heavy atom. The summed E-state index contributed by atoms with van der Waals surface area (Å²) in [5.41, 5.74) is 2.54. The van der Waals surface area contributed by atoms with Gasteiger partial charge in [-0.2, -0.15) is 0 Å². The monoisotopic (exact) mass is 193 g/mol. The summed E-state index contributed by atoms with van der Waals surface area (Å²) in [5.74, 6) is 5.69. The summed E-state index contributed by atoms with van der Waals surface area (Å²) >= 11 is 0. The summed E-state index contributed by atoms with van der Waals surface area (Å²) in [6, 6.07) is 8.51. The zero-order valence-corrected chi connectivity index (χ0v) is 8.99. The molecule has 0 heterocycles. The van der Waals surface area contributed by atoms with Gasteiger partial charge in [0.05, 0.1) is 6.61 Å². The van der Waals surface area contributed by atoms with Gasteiger partial charge in [-0.25, -0.2) is 5.90 Å². The molecule has 0 saturated heterocycles. The minimum Gasteiger partial charge on any atom is -0.300 e. The van der Waals surface area contributed by atoms with Crippen molar-refractivity contribution in [1.82, 2.24) is 0 Å². The second kappa shape index (κ2) is 5.78. The number of rotatable bonds is 5. The standard InChI is InChI=1S/C12H19NO/c1-3-11(4-2)12-7-5-10(6-8-12)9-14-13/h5-8,11H,3-4,9,13H2,1-2H3. The van der Waals surface area contributed by atoms with E-state index in [0.717, 1.165) is 5.56 Å². The summed E-state index contributed by atoms with van der Waals surface area (Å²) in [5, 5.41) is 0. The molecule has 0 aromatic heterocycles. The average molecular weight is 193 g/mol. The first-order chi connectivity index (χ1) is 6.81. The molecule has 1 aromatic rings. The minimum atomic E-state index is 0.489. The van der Waals surface area contributed by atoms with Crippen LogP contribution in [0.5, 0.6) is 0 Å². The Morgan fingerprint density at radius 1 is 1.14 bits per heavy atom. The Kier molecular flexibility index (Phi) is 4.63. The van der Waals surface area contributed by atoms with Crippen molar-refractivity contribution in [3.05, 3.63) is 35.4 Å². The highest BCUT2D eigenvalue weighted by Crippen LogP contribution is 2.22. The molecule has 1 rings (SSSR count). The molecule has 2 N–H and O–H groups in total. The van der Waals surface area contributed by atoms with Crippen molar-refractivity contribution in [3.63, 3.8) is 0 Å². The molecule has 0 amide bonds. The van der Waals surface area contributed by atoms with Gasteiger partial charge in [-0.15, -0.1) is 0 Å². The zero-order chi connectivity index (χ0) is 10.4. The molecule has 14 heavy (non-hydrogen) atoms. The summed E-state index contributed by atoms with van der Waals surface area (Å²) in [7, 11) is 0. The van der Waals surface area contributed by atoms with Crippen LogP contribution in [0.3, 0.4) is 0 Å². The van der Waals surface area contributed by atoms with Gasteiger partial charge in [0.2, 0.25) is 0 Å². The van der Waals surface area contributed by atoms with E-state index in [2.05, 4.69) is 43.0 Å². The van der Waals surface area contributed by atoms with Crippen LogP contribution in [0.15, 0.2) is 24.3 Å². The summed E-state index contributed by atoms with van der Waals surface area (Å²) < 4.78 is 0. The molecule has 0 bridgehead atoms. The zero-order valence-electron chi connectivity index (χ0n) is 8.99. The van der Waals surface area contributed by atoms with Gasteiger partial charge in [0.15, 0.2) is 0 Å². The predicted molar refractivity (Wildman–Crippen MR) is 58.7 cm³/mol. The first-order valence-corrected chi connectivity index (χ1v) is 5.22. The van der Waals surface area contributed by atoms with Crippen molar-refractivity contribution in [3.8, 4) is 0 Å². The van der Waals surface area contributed by atoms with Gasteiger partial charge in [0.1, 0.15) is 0 Å². The van der Waals surface area contributed by atoms with E-state index in [4.69, 9.17) is 5.90 Å². The van der Waals surface area contributed by atoms with Crippen LogP contribution in [0.4, 0.5) is 0 Å². The minimum absolute atomic E-state index is 0.489. The topological polar surface area (TPSA) is 35.2 Å². The van der Waals surface area contributed by atoms with Crippen molar-refractivity contribution in [1.29, 1.82) is 0 Å². The van der Waals surface area contributed by atoms with Crippen LogP contribution in [-0.2, 0) is 11.4 Å². The molecule has 0 unspecified atom stereocenters. The maximum Gasteiger partial charge on any atom is 0.0930 e. The van der Waals surface area contributed by atoms with E-state index in [-0.39, 0.29) is 0 Å². The predicted octanol–water partition coefficient (Wildman–Crippen LogP) is 2.98. The molecule has 0 aliphatic heterocycles. The molecule has 0 aliphatic rings. The molecule has 1 aromatic carbocycles. The Balaban J connectivity index is 2.71. The van der Waals surface area contributed by atoms with Gasteiger partial charge in [-0.3, -0.25) is 4.84 Å². The lowest BCUT2D eigenvalue weighted by Gasteiger charge is -2.12. The first kappa shape index (κ1) is 11.2. The van der Waals surface area contributed by atoms with E-state index in [1.807, 2.05) is 0 Å². The third-order valence-corrected chi connectivity index (χ3v) is 2.69. The third kappa shape index (κ3) is 2.82. The number of benzene rings is 1. The summed E-state index contributed by atoms with van der Waals surface area (Å²) in [6.07, 6.45) is 2.40. The Morgan fingerprint density at radius 2 is 1.71 bits per heavy atom.